The van der Waals surface area contributed by atoms with E-state index < -0.39 is 0 Å². The average Bonchev–Trinajstić information content (AvgIpc) is 2.76. The van der Waals surface area contributed by atoms with Crippen molar-refractivity contribution in [1.82, 2.24) is 0 Å². The summed E-state index contributed by atoms with van der Waals surface area (Å²) in [6.45, 7) is 4.38. The van der Waals surface area contributed by atoms with Crippen molar-refractivity contribution in [2.24, 2.45) is 11.7 Å². The summed E-state index contributed by atoms with van der Waals surface area (Å²) in [5.41, 5.74) is 7.22. The molecule has 2 unspecified atom stereocenters. The second-order valence-corrected chi connectivity index (χ2v) is 5.15. The molecule has 15 heavy (non-hydrogen) atoms. The predicted molar refractivity (Wildman–Crippen MR) is 61.8 cm³/mol. The number of rotatable bonds is 3. The van der Waals surface area contributed by atoms with E-state index in [0.717, 1.165) is 18.4 Å². The van der Waals surface area contributed by atoms with E-state index in [-0.39, 0.29) is 5.54 Å². The minimum Gasteiger partial charge on any atom is -0.508 e. The average molecular weight is 205 g/mol. The van der Waals surface area contributed by atoms with Crippen molar-refractivity contribution >= 4 is 0 Å². The maximum atomic E-state index is 9.73. The van der Waals surface area contributed by atoms with E-state index in [1.807, 2.05) is 18.2 Å². The molecule has 3 N–H and O–H groups in total. The normalized spacial score (nSPS) is 29.5. The minimum atomic E-state index is -0.0764. The van der Waals surface area contributed by atoms with Gasteiger partial charge in [0.05, 0.1) is 0 Å². The summed E-state index contributed by atoms with van der Waals surface area (Å²) >= 11 is 0. The molecule has 1 aromatic rings. The molecule has 1 aliphatic carbocycles. The van der Waals surface area contributed by atoms with E-state index in [2.05, 4.69) is 13.8 Å². The van der Waals surface area contributed by atoms with Gasteiger partial charge in [-0.2, -0.15) is 0 Å². The smallest absolute Gasteiger partial charge is 0.119 e. The lowest BCUT2D eigenvalue weighted by Gasteiger charge is -2.14. The zero-order chi connectivity index (χ0) is 11.1. The Kier molecular flexibility index (Phi) is 2.47. The van der Waals surface area contributed by atoms with E-state index in [0.29, 0.717) is 17.6 Å². The highest BCUT2D eigenvalue weighted by Crippen LogP contribution is 2.54. The zero-order valence-electron chi connectivity index (χ0n) is 9.40. The molecule has 82 valence electrons. The van der Waals surface area contributed by atoms with Gasteiger partial charge in [-0.25, -0.2) is 0 Å². The topological polar surface area (TPSA) is 46.2 Å². The molecule has 1 fully saturated rings. The van der Waals surface area contributed by atoms with Gasteiger partial charge in [-0.05, 0) is 30.4 Å². The molecule has 2 rings (SSSR count). The molecule has 2 atom stereocenters. The minimum absolute atomic E-state index is 0.0764. The number of hydrogen-bond donors (Lipinski definition) is 2. The van der Waals surface area contributed by atoms with E-state index in [1.54, 1.807) is 6.07 Å². The molecule has 0 saturated heterocycles. The maximum absolute atomic E-state index is 9.73. The number of hydrogen-bond acceptors (Lipinski definition) is 2. The van der Waals surface area contributed by atoms with Gasteiger partial charge in [0.15, 0.2) is 0 Å². The molecular formula is C13H19NO. The Bertz CT molecular complexity index is 361. The van der Waals surface area contributed by atoms with Crippen LogP contribution in [0.5, 0.6) is 5.75 Å². The molecule has 0 aromatic heterocycles. The van der Waals surface area contributed by atoms with Crippen molar-refractivity contribution in [1.29, 1.82) is 0 Å². The summed E-state index contributed by atoms with van der Waals surface area (Å²) in [4.78, 5) is 0. The van der Waals surface area contributed by atoms with Crippen LogP contribution in [0.15, 0.2) is 24.3 Å². The second kappa shape index (κ2) is 3.53. The summed E-state index contributed by atoms with van der Waals surface area (Å²) < 4.78 is 0. The fraction of sp³-hybridized carbons (Fsp3) is 0.538. The number of phenols is 1. The van der Waals surface area contributed by atoms with Crippen molar-refractivity contribution in [2.75, 3.05) is 0 Å². The molecule has 2 heteroatoms. The van der Waals surface area contributed by atoms with Crippen LogP contribution in [0.4, 0.5) is 0 Å². The van der Waals surface area contributed by atoms with Crippen molar-refractivity contribution in [2.45, 2.75) is 38.1 Å². The van der Waals surface area contributed by atoms with E-state index in [9.17, 15) is 5.11 Å². The lowest BCUT2D eigenvalue weighted by atomic mass is 9.97. The molecule has 0 bridgehead atoms. The first kappa shape index (κ1) is 10.5. The molecular weight excluding hydrogens is 186 g/mol. The van der Waals surface area contributed by atoms with Crippen molar-refractivity contribution in [3.63, 3.8) is 0 Å². The Hall–Kier alpha value is -1.02. The third-order valence-electron chi connectivity index (χ3n) is 3.22. The molecule has 2 nitrogen and oxygen atoms in total. The summed E-state index contributed by atoms with van der Waals surface area (Å²) in [5, 5.41) is 9.73. The predicted octanol–water partition coefficient (Wildman–Crippen LogP) is 2.62. The first-order valence-electron chi connectivity index (χ1n) is 5.60. The van der Waals surface area contributed by atoms with Gasteiger partial charge in [0.2, 0.25) is 0 Å². The molecule has 0 amide bonds. The highest BCUT2D eigenvalue weighted by molar-refractivity contribution is 5.42. The van der Waals surface area contributed by atoms with Gasteiger partial charge in [0.25, 0.3) is 0 Å². The number of aromatic hydroxyl groups is 1. The van der Waals surface area contributed by atoms with E-state index in [1.165, 1.54) is 0 Å². The second-order valence-electron chi connectivity index (χ2n) is 5.15. The summed E-state index contributed by atoms with van der Waals surface area (Å²) in [6, 6.07) is 7.53. The Morgan fingerprint density at radius 1 is 1.47 bits per heavy atom. The molecule has 1 aromatic carbocycles. The Balaban J connectivity index is 2.13. The molecule has 0 heterocycles. The molecule has 0 spiro atoms. The van der Waals surface area contributed by atoms with Gasteiger partial charge in [0.1, 0.15) is 5.75 Å². The van der Waals surface area contributed by atoms with Gasteiger partial charge >= 0.3 is 0 Å². The van der Waals surface area contributed by atoms with Crippen LogP contribution in [0, 0.1) is 5.92 Å². The summed E-state index contributed by atoms with van der Waals surface area (Å²) in [6.07, 6.45) is 2.04. The van der Waals surface area contributed by atoms with Crippen LogP contribution < -0.4 is 5.73 Å². The third-order valence-corrected chi connectivity index (χ3v) is 3.22. The molecule has 0 radical (unpaired) electrons. The number of phenolic OH excluding ortho intramolecular Hbond substituents is 1. The SMILES string of the molecule is CC(C)CC1(N)CC1c1ccccc1O. The Labute approximate surface area is 91.1 Å². The highest BCUT2D eigenvalue weighted by atomic mass is 16.3. The van der Waals surface area contributed by atoms with Crippen LogP contribution in [-0.4, -0.2) is 10.6 Å². The first-order valence-corrected chi connectivity index (χ1v) is 5.60. The molecule has 1 saturated carbocycles. The lowest BCUT2D eigenvalue weighted by Crippen LogP contribution is -2.26. The van der Waals surface area contributed by atoms with Gasteiger partial charge in [-0.3, -0.25) is 0 Å². The van der Waals surface area contributed by atoms with Crippen LogP contribution in [0.25, 0.3) is 0 Å². The fourth-order valence-electron chi connectivity index (χ4n) is 2.51. The Morgan fingerprint density at radius 2 is 2.13 bits per heavy atom. The maximum Gasteiger partial charge on any atom is 0.119 e. The van der Waals surface area contributed by atoms with Crippen molar-refractivity contribution in [3.8, 4) is 5.75 Å². The monoisotopic (exact) mass is 205 g/mol. The quantitative estimate of drug-likeness (QED) is 0.796. The molecule has 0 aliphatic heterocycles. The summed E-state index contributed by atoms with van der Waals surface area (Å²) in [7, 11) is 0. The lowest BCUT2D eigenvalue weighted by molar-refractivity contribution is 0.452. The Morgan fingerprint density at radius 3 is 2.73 bits per heavy atom. The largest absolute Gasteiger partial charge is 0.508 e. The van der Waals surface area contributed by atoms with Crippen LogP contribution in [0.1, 0.15) is 38.2 Å². The number of benzene rings is 1. The fourth-order valence-corrected chi connectivity index (χ4v) is 2.51. The van der Waals surface area contributed by atoms with Crippen molar-refractivity contribution in [3.05, 3.63) is 29.8 Å². The van der Waals surface area contributed by atoms with Gasteiger partial charge in [0, 0.05) is 11.5 Å². The van der Waals surface area contributed by atoms with Crippen LogP contribution >= 0.6 is 0 Å². The third kappa shape index (κ3) is 2.00. The zero-order valence-corrected chi connectivity index (χ0v) is 9.40. The van der Waals surface area contributed by atoms with Gasteiger partial charge in [-0.15, -0.1) is 0 Å². The van der Waals surface area contributed by atoms with Crippen LogP contribution in [-0.2, 0) is 0 Å². The first-order chi connectivity index (χ1) is 7.03. The van der Waals surface area contributed by atoms with Crippen molar-refractivity contribution < 1.29 is 5.11 Å². The van der Waals surface area contributed by atoms with Gasteiger partial charge < -0.3 is 10.8 Å². The van der Waals surface area contributed by atoms with E-state index in [4.69, 9.17) is 5.73 Å². The summed E-state index contributed by atoms with van der Waals surface area (Å²) in [5.74, 6) is 1.35. The van der Waals surface area contributed by atoms with E-state index >= 15 is 0 Å². The molecule has 1 aliphatic rings. The number of para-hydroxylation sites is 1. The highest BCUT2D eigenvalue weighted by Gasteiger charge is 2.52. The van der Waals surface area contributed by atoms with Crippen LogP contribution in [0.3, 0.4) is 0 Å². The van der Waals surface area contributed by atoms with Gasteiger partial charge in [-0.1, -0.05) is 32.0 Å². The standard InChI is InChI=1S/C13H19NO/c1-9(2)7-13(14)8-11(13)10-5-3-4-6-12(10)15/h3-6,9,11,15H,7-8,14H2,1-2H3. The van der Waals surface area contributed by atoms with Crippen LogP contribution in [0.2, 0.25) is 0 Å². The number of nitrogens with two attached hydrogens (primary N) is 1.